The summed E-state index contributed by atoms with van der Waals surface area (Å²) in [5.74, 6) is 0.646. The molecule has 0 spiro atoms. The van der Waals surface area contributed by atoms with Gasteiger partial charge >= 0.3 is 0 Å². The summed E-state index contributed by atoms with van der Waals surface area (Å²) in [6, 6.07) is 6.29. The van der Waals surface area contributed by atoms with Crippen molar-refractivity contribution in [1.82, 2.24) is 15.0 Å². The molecule has 2 rings (SSSR count). The van der Waals surface area contributed by atoms with Gasteiger partial charge in [0.2, 0.25) is 17.2 Å². The Morgan fingerprint density at radius 2 is 1.90 bits per heavy atom. The lowest BCUT2D eigenvalue weighted by atomic mass is 10.2. The molecule has 0 radical (unpaired) electrons. The van der Waals surface area contributed by atoms with E-state index in [1.165, 1.54) is 12.1 Å². The minimum absolute atomic E-state index is 0.136. The van der Waals surface area contributed by atoms with E-state index in [1.807, 2.05) is 18.9 Å². The molecule has 1 N–H and O–H groups in total. The minimum atomic E-state index is -0.256. The van der Waals surface area contributed by atoms with Gasteiger partial charge in [-0.3, -0.25) is 0 Å². The van der Waals surface area contributed by atoms with Crippen LogP contribution in [0.3, 0.4) is 0 Å². The number of rotatable bonds is 5. The predicted molar refractivity (Wildman–Crippen MR) is 77.5 cm³/mol. The quantitative estimate of drug-likeness (QED) is 0.919. The molecular formula is C13H15ClFN5. The van der Waals surface area contributed by atoms with Gasteiger partial charge in [0.1, 0.15) is 5.82 Å². The van der Waals surface area contributed by atoms with Crippen LogP contribution in [0, 0.1) is 5.82 Å². The van der Waals surface area contributed by atoms with Gasteiger partial charge in [-0.1, -0.05) is 12.1 Å². The van der Waals surface area contributed by atoms with Crippen molar-refractivity contribution in [2.45, 2.75) is 13.5 Å². The zero-order chi connectivity index (χ0) is 14.5. The standard InChI is InChI=1S/C13H15ClFN5/c1-3-16-12-17-11(14)18-13(19-12)20(2)8-9-4-6-10(15)7-5-9/h4-7H,3,8H2,1-2H3,(H,16,17,18,19). The van der Waals surface area contributed by atoms with Crippen molar-refractivity contribution in [2.75, 3.05) is 23.8 Å². The summed E-state index contributed by atoms with van der Waals surface area (Å²) in [5.41, 5.74) is 0.954. The molecule has 0 saturated carbocycles. The van der Waals surface area contributed by atoms with Crippen molar-refractivity contribution in [1.29, 1.82) is 0 Å². The maximum absolute atomic E-state index is 12.9. The average molecular weight is 296 g/mol. The summed E-state index contributed by atoms with van der Waals surface area (Å²) >= 11 is 5.88. The van der Waals surface area contributed by atoms with Crippen molar-refractivity contribution < 1.29 is 4.39 Å². The zero-order valence-corrected chi connectivity index (χ0v) is 12.0. The van der Waals surface area contributed by atoms with Crippen molar-refractivity contribution in [2.24, 2.45) is 0 Å². The van der Waals surface area contributed by atoms with E-state index < -0.39 is 0 Å². The summed E-state index contributed by atoms with van der Waals surface area (Å²) < 4.78 is 12.9. The first kappa shape index (κ1) is 14.5. The Labute approximate surface area is 121 Å². The van der Waals surface area contributed by atoms with Crippen LogP contribution in [0.2, 0.25) is 5.28 Å². The third-order valence-corrected chi connectivity index (χ3v) is 2.77. The van der Waals surface area contributed by atoms with Gasteiger partial charge in [0.25, 0.3) is 0 Å². The first-order valence-corrected chi connectivity index (χ1v) is 6.57. The van der Waals surface area contributed by atoms with Crippen LogP contribution in [0.5, 0.6) is 0 Å². The highest BCUT2D eigenvalue weighted by molar-refractivity contribution is 6.28. The molecule has 0 amide bonds. The van der Waals surface area contributed by atoms with Crippen LogP contribution in [0.4, 0.5) is 16.3 Å². The normalized spacial score (nSPS) is 10.4. The maximum atomic E-state index is 12.9. The molecule has 0 bridgehead atoms. The fraction of sp³-hybridized carbons (Fsp3) is 0.308. The third kappa shape index (κ3) is 3.77. The van der Waals surface area contributed by atoms with E-state index in [4.69, 9.17) is 11.6 Å². The van der Waals surface area contributed by atoms with Gasteiger partial charge in [0.05, 0.1) is 0 Å². The Bertz CT molecular complexity index is 575. The maximum Gasteiger partial charge on any atom is 0.231 e. The number of nitrogens with one attached hydrogen (secondary N) is 1. The summed E-state index contributed by atoms with van der Waals surface area (Å²) in [7, 11) is 1.84. The molecule has 0 fully saturated rings. The van der Waals surface area contributed by atoms with Crippen molar-refractivity contribution in [3.8, 4) is 0 Å². The Kier molecular flexibility index (Phi) is 4.68. The fourth-order valence-electron chi connectivity index (χ4n) is 1.68. The van der Waals surface area contributed by atoms with Gasteiger partial charge in [-0.2, -0.15) is 15.0 Å². The molecule has 5 nitrogen and oxygen atoms in total. The smallest absolute Gasteiger partial charge is 0.231 e. The Balaban J connectivity index is 2.15. The summed E-state index contributed by atoms with van der Waals surface area (Å²) in [6.07, 6.45) is 0. The van der Waals surface area contributed by atoms with E-state index in [1.54, 1.807) is 12.1 Å². The first-order chi connectivity index (χ1) is 9.58. The van der Waals surface area contributed by atoms with Gasteiger partial charge in [-0.25, -0.2) is 4.39 Å². The lowest BCUT2D eigenvalue weighted by Gasteiger charge is -2.17. The molecule has 0 aliphatic carbocycles. The van der Waals surface area contributed by atoms with E-state index >= 15 is 0 Å². The van der Waals surface area contributed by atoms with Crippen molar-refractivity contribution in [3.05, 3.63) is 40.9 Å². The van der Waals surface area contributed by atoms with Crippen molar-refractivity contribution >= 4 is 23.5 Å². The Hall–Kier alpha value is -1.95. The number of benzene rings is 1. The molecule has 0 saturated heterocycles. The molecule has 106 valence electrons. The van der Waals surface area contributed by atoms with Crippen LogP contribution < -0.4 is 10.2 Å². The van der Waals surface area contributed by atoms with Gasteiger partial charge in [0, 0.05) is 20.1 Å². The van der Waals surface area contributed by atoms with E-state index in [9.17, 15) is 4.39 Å². The predicted octanol–water partition coefficient (Wildman–Crippen LogP) is 2.73. The molecule has 1 heterocycles. The van der Waals surface area contributed by atoms with Crippen LogP contribution in [0.15, 0.2) is 24.3 Å². The van der Waals surface area contributed by atoms with Gasteiger partial charge in [-0.15, -0.1) is 0 Å². The summed E-state index contributed by atoms with van der Waals surface area (Å²) in [6.45, 7) is 3.19. The monoisotopic (exact) mass is 295 g/mol. The van der Waals surface area contributed by atoms with E-state index in [0.717, 1.165) is 5.56 Å². The summed E-state index contributed by atoms with van der Waals surface area (Å²) in [5, 5.41) is 3.13. The molecule has 2 aromatic rings. The van der Waals surface area contributed by atoms with E-state index in [0.29, 0.717) is 25.0 Å². The van der Waals surface area contributed by atoms with Crippen LogP contribution in [0.25, 0.3) is 0 Å². The lowest BCUT2D eigenvalue weighted by Crippen LogP contribution is -2.20. The van der Waals surface area contributed by atoms with Crippen LogP contribution in [-0.4, -0.2) is 28.5 Å². The molecule has 1 aromatic heterocycles. The van der Waals surface area contributed by atoms with Gasteiger partial charge in [-0.05, 0) is 36.2 Å². The van der Waals surface area contributed by atoms with Crippen LogP contribution >= 0.6 is 11.6 Å². The molecule has 20 heavy (non-hydrogen) atoms. The fourth-order valence-corrected chi connectivity index (χ4v) is 1.84. The van der Waals surface area contributed by atoms with Crippen LogP contribution in [-0.2, 0) is 6.54 Å². The number of nitrogens with zero attached hydrogens (tertiary/aromatic N) is 4. The SMILES string of the molecule is CCNc1nc(Cl)nc(N(C)Cc2ccc(F)cc2)n1. The Morgan fingerprint density at radius 3 is 2.55 bits per heavy atom. The molecule has 1 aromatic carbocycles. The molecule has 0 atom stereocenters. The highest BCUT2D eigenvalue weighted by Gasteiger charge is 2.09. The molecular weight excluding hydrogens is 281 g/mol. The second kappa shape index (κ2) is 6.47. The third-order valence-electron chi connectivity index (χ3n) is 2.61. The molecule has 7 heteroatoms. The largest absolute Gasteiger partial charge is 0.354 e. The number of aromatic nitrogens is 3. The summed E-state index contributed by atoms with van der Waals surface area (Å²) in [4.78, 5) is 14.2. The van der Waals surface area contributed by atoms with Gasteiger partial charge < -0.3 is 10.2 Å². The molecule has 0 aliphatic rings. The molecule has 0 unspecified atom stereocenters. The second-order valence-corrected chi connectivity index (χ2v) is 4.58. The Morgan fingerprint density at radius 1 is 1.20 bits per heavy atom. The number of hydrogen-bond donors (Lipinski definition) is 1. The van der Waals surface area contributed by atoms with Gasteiger partial charge in [0.15, 0.2) is 0 Å². The van der Waals surface area contributed by atoms with E-state index in [-0.39, 0.29) is 11.1 Å². The average Bonchev–Trinajstić information content (AvgIpc) is 2.41. The highest BCUT2D eigenvalue weighted by atomic mass is 35.5. The van der Waals surface area contributed by atoms with Crippen molar-refractivity contribution in [3.63, 3.8) is 0 Å². The topological polar surface area (TPSA) is 53.9 Å². The minimum Gasteiger partial charge on any atom is -0.354 e. The number of halogens is 2. The first-order valence-electron chi connectivity index (χ1n) is 6.19. The lowest BCUT2D eigenvalue weighted by molar-refractivity contribution is 0.627. The van der Waals surface area contributed by atoms with E-state index in [2.05, 4.69) is 20.3 Å². The molecule has 0 aliphatic heterocycles. The highest BCUT2D eigenvalue weighted by Crippen LogP contribution is 2.15. The van der Waals surface area contributed by atoms with Crippen LogP contribution in [0.1, 0.15) is 12.5 Å². The number of anilines is 2. The zero-order valence-electron chi connectivity index (χ0n) is 11.3. The second-order valence-electron chi connectivity index (χ2n) is 4.24. The number of hydrogen-bond acceptors (Lipinski definition) is 5.